The van der Waals surface area contributed by atoms with E-state index >= 15 is 0 Å². The molecule has 2 aromatic rings. The van der Waals surface area contributed by atoms with Gasteiger partial charge in [0.15, 0.2) is 0 Å². The first-order valence-electron chi connectivity index (χ1n) is 5.57. The lowest BCUT2D eigenvalue weighted by molar-refractivity contribution is 1.02. The van der Waals surface area contributed by atoms with Crippen molar-refractivity contribution in [2.75, 3.05) is 11.9 Å². The lowest BCUT2D eigenvalue weighted by Crippen LogP contribution is -2.04. The fraction of sp³-hybridized carbons (Fsp3) is 0.308. The van der Waals surface area contributed by atoms with Crippen molar-refractivity contribution in [1.29, 1.82) is 0 Å². The van der Waals surface area contributed by atoms with Crippen LogP contribution >= 0.6 is 0 Å². The monoisotopic (exact) mass is 215 g/mol. The summed E-state index contributed by atoms with van der Waals surface area (Å²) in [6.07, 6.45) is 2.05. The number of rotatable bonds is 3. The van der Waals surface area contributed by atoms with E-state index in [0.717, 1.165) is 23.9 Å². The van der Waals surface area contributed by atoms with E-state index < -0.39 is 0 Å². The predicted molar refractivity (Wildman–Crippen MR) is 67.2 cm³/mol. The van der Waals surface area contributed by atoms with Crippen LogP contribution in [0.15, 0.2) is 30.5 Å². The summed E-state index contributed by atoms with van der Waals surface area (Å²) in [6, 6.07) is 8.41. The quantitative estimate of drug-likeness (QED) is 0.853. The predicted octanol–water partition coefficient (Wildman–Crippen LogP) is 2.92. The summed E-state index contributed by atoms with van der Waals surface area (Å²) in [4.78, 5) is 4.46. The van der Waals surface area contributed by atoms with E-state index in [2.05, 4.69) is 53.0 Å². The molecule has 84 valence electrons. The average Bonchev–Trinajstić information content (AvgIpc) is 2.60. The zero-order chi connectivity index (χ0) is 11.5. The molecule has 1 aromatic heterocycles. The third-order valence-corrected chi connectivity index (χ3v) is 2.44. The topological polar surface area (TPSA) is 29.9 Å². The van der Waals surface area contributed by atoms with Crippen LogP contribution in [0.2, 0.25) is 0 Å². The Bertz CT molecular complexity index is 486. The molecule has 0 radical (unpaired) electrons. The van der Waals surface area contributed by atoms with Gasteiger partial charge >= 0.3 is 0 Å². The van der Waals surface area contributed by atoms with Crippen molar-refractivity contribution in [1.82, 2.24) is 9.55 Å². The Morgan fingerprint density at radius 2 is 2.12 bits per heavy atom. The summed E-state index contributed by atoms with van der Waals surface area (Å²) in [5, 5.41) is 3.27. The molecule has 3 heteroatoms. The molecule has 1 N–H and O–H groups in total. The molecule has 0 aliphatic rings. The Hall–Kier alpha value is -1.77. The Morgan fingerprint density at radius 3 is 2.81 bits per heavy atom. The van der Waals surface area contributed by atoms with Crippen LogP contribution in [0.5, 0.6) is 0 Å². The van der Waals surface area contributed by atoms with Gasteiger partial charge in [-0.3, -0.25) is 4.57 Å². The van der Waals surface area contributed by atoms with Gasteiger partial charge < -0.3 is 5.32 Å². The summed E-state index contributed by atoms with van der Waals surface area (Å²) >= 11 is 0. The molecular weight excluding hydrogens is 198 g/mol. The van der Waals surface area contributed by atoms with Gasteiger partial charge in [-0.25, -0.2) is 4.98 Å². The molecule has 0 fully saturated rings. The second-order valence-corrected chi connectivity index (χ2v) is 3.95. The molecule has 1 aromatic carbocycles. The van der Waals surface area contributed by atoms with Gasteiger partial charge in [-0.05, 0) is 38.5 Å². The highest BCUT2D eigenvalue weighted by Gasteiger charge is 2.06. The van der Waals surface area contributed by atoms with Gasteiger partial charge in [0.05, 0.1) is 5.69 Å². The van der Waals surface area contributed by atoms with E-state index in [0.29, 0.717) is 0 Å². The third kappa shape index (κ3) is 2.08. The number of aryl methyl sites for hydroxylation is 2. The summed E-state index contributed by atoms with van der Waals surface area (Å²) in [7, 11) is 0. The maximum absolute atomic E-state index is 4.46. The molecule has 0 amide bonds. The fourth-order valence-corrected chi connectivity index (χ4v) is 1.76. The molecule has 0 atom stereocenters. The van der Waals surface area contributed by atoms with Crippen LogP contribution in [0.4, 0.5) is 5.95 Å². The van der Waals surface area contributed by atoms with Crippen LogP contribution in [0, 0.1) is 13.8 Å². The zero-order valence-corrected chi connectivity index (χ0v) is 9.99. The molecule has 0 saturated carbocycles. The average molecular weight is 215 g/mol. The summed E-state index contributed by atoms with van der Waals surface area (Å²) in [6.45, 7) is 7.06. The number of hydrogen-bond acceptors (Lipinski definition) is 2. The first kappa shape index (κ1) is 10.7. The summed E-state index contributed by atoms with van der Waals surface area (Å²) < 4.78 is 2.09. The van der Waals surface area contributed by atoms with Crippen LogP contribution in [-0.2, 0) is 0 Å². The van der Waals surface area contributed by atoms with Gasteiger partial charge in [0.1, 0.15) is 0 Å². The largest absolute Gasteiger partial charge is 0.356 e. The van der Waals surface area contributed by atoms with Crippen LogP contribution in [-0.4, -0.2) is 16.1 Å². The van der Waals surface area contributed by atoms with Gasteiger partial charge in [-0.15, -0.1) is 0 Å². The normalized spacial score (nSPS) is 10.4. The molecule has 2 rings (SSSR count). The van der Waals surface area contributed by atoms with Crippen molar-refractivity contribution < 1.29 is 0 Å². The first-order chi connectivity index (χ1) is 7.70. The molecular formula is C13H17N3. The van der Waals surface area contributed by atoms with E-state index in [1.54, 1.807) is 0 Å². The van der Waals surface area contributed by atoms with Crippen molar-refractivity contribution >= 4 is 5.95 Å². The number of hydrogen-bond donors (Lipinski definition) is 1. The van der Waals surface area contributed by atoms with Gasteiger partial charge in [0.2, 0.25) is 5.95 Å². The maximum atomic E-state index is 4.46. The van der Waals surface area contributed by atoms with Gasteiger partial charge in [0, 0.05) is 18.4 Å². The van der Waals surface area contributed by atoms with Crippen LogP contribution in [0.3, 0.4) is 0 Å². The molecule has 0 aliphatic carbocycles. The minimum Gasteiger partial charge on any atom is -0.356 e. The molecule has 0 spiro atoms. The first-order valence-corrected chi connectivity index (χ1v) is 5.57. The van der Waals surface area contributed by atoms with Crippen molar-refractivity contribution in [2.24, 2.45) is 0 Å². The van der Waals surface area contributed by atoms with E-state index in [1.165, 1.54) is 5.56 Å². The number of nitrogens with zero attached hydrogens (tertiary/aromatic N) is 2. The minimum atomic E-state index is 0.877. The smallest absolute Gasteiger partial charge is 0.207 e. The van der Waals surface area contributed by atoms with Crippen LogP contribution in [0.25, 0.3) is 5.69 Å². The van der Waals surface area contributed by atoms with Crippen molar-refractivity contribution in [3.63, 3.8) is 0 Å². The van der Waals surface area contributed by atoms with E-state index in [-0.39, 0.29) is 0 Å². The Balaban J connectivity index is 2.46. The second-order valence-electron chi connectivity index (χ2n) is 3.95. The van der Waals surface area contributed by atoms with E-state index in [4.69, 9.17) is 0 Å². The summed E-state index contributed by atoms with van der Waals surface area (Å²) in [5.41, 5.74) is 3.43. The lowest BCUT2D eigenvalue weighted by Gasteiger charge is -2.08. The summed E-state index contributed by atoms with van der Waals surface area (Å²) in [5.74, 6) is 0.908. The number of aromatic nitrogens is 2. The number of nitrogens with one attached hydrogen (secondary N) is 1. The molecule has 0 aliphatic heterocycles. The third-order valence-electron chi connectivity index (χ3n) is 2.44. The van der Waals surface area contributed by atoms with Crippen molar-refractivity contribution in [2.45, 2.75) is 20.8 Å². The van der Waals surface area contributed by atoms with Gasteiger partial charge in [-0.2, -0.15) is 0 Å². The molecule has 0 bridgehead atoms. The molecule has 0 saturated heterocycles. The highest BCUT2D eigenvalue weighted by atomic mass is 15.2. The van der Waals surface area contributed by atoms with Crippen LogP contribution in [0.1, 0.15) is 18.2 Å². The number of imidazole rings is 1. The van der Waals surface area contributed by atoms with Crippen LogP contribution < -0.4 is 5.32 Å². The molecule has 0 unspecified atom stereocenters. The maximum Gasteiger partial charge on any atom is 0.207 e. The molecule has 3 nitrogen and oxygen atoms in total. The number of anilines is 1. The Kier molecular flexibility index (Phi) is 2.95. The SMILES string of the molecule is CCNc1nc(C)cn1-c1cccc(C)c1. The van der Waals surface area contributed by atoms with E-state index in [9.17, 15) is 0 Å². The number of benzene rings is 1. The highest BCUT2D eigenvalue weighted by molar-refractivity contribution is 5.44. The molecule has 16 heavy (non-hydrogen) atoms. The Labute approximate surface area is 96.1 Å². The van der Waals surface area contributed by atoms with Gasteiger partial charge in [0.25, 0.3) is 0 Å². The van der Waals surface area contributed by atoms with Gasteiger partial charge in [-0.1, -0.05) is 12.1 Å². The van der Waals surface area contributed by atoms with Crippen molar-refractivity contribution in [3.05, 3.63) is 41.7 Å². The van der Waals surface area contributed by atoms with Crippen molar-refractivity contribution in [3.8, 4) is 5.69 Å². The minimum absolute atomic E-state index is 0.877. The Morgan fingerprint density at radius 1 is 1.31 bits per heavy atom. The highest BCUT2D eigenvalue weighted by Crippen LogP contribution is 2.17. The zero-order valence-electron chi connectivity index (χ0n) is 9.99. The second kappa shape index (κ2) is 4.39. The lowest BCUT2D eigenvalue weighted by atomic mass is 10.2. The van der Waals surface area contributed by atoms with E-state index in [1.807, 2.05) is 13.1 Å². The fourth-order valence-electron chi connectivity index (χ4n) is 1.76. The standard InChI is InChI=1S/C13H17N3/c1-4-14-13-15-11(3)9-16(13)12-7-5-6-10(2)8-12/h5-9H,4H2,1-3H3,(H,14,15). The molecule has 1 heterocycles.